The number of thiazole rings is 1. The van der Waals surface area contributed by atoms with Crippen molar-refractivity contribution in [3.05, 3.63) is 16.6 Å². The zero-order valence-electron chi connectivity index (χ0n) is 12.5. The maximum absolute atomic E-state index is 12.4. The molecule has 2 heterocycles. The molecule has 0 spiro atoms. The molecule has 5 heteroatoms. The second-order valence-corrected chi connectivity index (χ2v) is 6.66. The fourth-order valence-corrected chi connectivity index (χ4v) is 3.52. The predicted octanol–water partition coefficient (Wildman–Crippen LogP) is 2.93. The number of carbonyl (C=O) groups excluding carboxylic acids is 1. The highest BCUT2D eigenvalue weighted by atomic mass is 32.1. The number of hydrogen-bond acceptors (Lipinski definition) is 4. The van der Waals surface area contributed by atoms with E-state index in [1.807, 2.05) is 11.6 Å². The highest BCUT2D eigenvalue weighted by molar-refractivity contribution is 7.09. The zero-order chi connectivity index (χ0) is 14.4. The molecule has 0 radical (unpaired) electrons. The quantitative estimate of drug-likeness (QED) is 0.757. The van der Waals surface area contributed by atoms with Crippen LogP contribution in [0.15, 0.2) is 11.6 Å². The van der Waals surface area contributed by atoms with Crippen molar-refractivity contribution in [1.29, 1.82) is 0 Å². The molecular weight excluding hydrogens is 270 g/mol. The van der Waals surface area contributed by atoms with Crippen molar-refractivity contribution in [2.75, 3.05) is 27.2 Å². The molecule has 0 aromatic carbocycles. The molecule has 1 aliphatic heterocycles. The highest BCUT2D eigenvalue weighted by Gasteiger charge is 2.28. The number of unbranched alkanes of at least 4 members (excludes halogenated alkanes) is 1. The standard InChI is InChI=1S/C15H25N3OS/c1-17(2)10-5-4-8-14(19)18-11-6-3-7-13(18)15-16-9-12-20-15/h9,12-13H,3-8,10-11H2,1-2H3/t13-/m1/s1. The van der Waals surface area contributed by atoms with E-state index >= 15 is 0 Å². The molecule has 1 aromatic rings. The van der Waals surface area contributed by atoms with Gasteiger partial charge >= 0.3 is 0 Å². The van der Waals surface area contributed by atoms with E-state index in [1.54, 1.807) is 11.3 Å². The molecule has 0 aliphatic carbocycles. The molecule has 0 saturated carbocycles. The lowest BCUT2D eigenvalue weighted by Gasteiger charge is -2.34. The number of piperidine rings is 1. The lowest BCUT2D eigenvalue weighted by molar-refractivity contribution is -0.135. The van der Waals surface area contributed by atoms with E-state index in [-0.39, 0.29) is 6.04 Å². The van der Waals surface area contributed by atoms with Gasteiger partial charge in [-0.25, -0.2) is 4.98 Å². The average Bonchev–Trinajstić information content (AvgIpc) is 2.97. The number of rotatable bonds is 6. The molecule has 1 aliphatic rings. The van der Waals surface area contributed by atoms with Gasteiger partial charge in [0, 0.05) is 24.5 Å². The van der Waals surface area contributed by atoms with Crippen LogP contribution < -0.4 is 0 Å². The molecular formula is C15H25N3OS. The topological polar surface area (TPSA) is 36.4 Å². The third-order valence-electron chi connectivity index (χ3n) is 3.81. The van der Waals surface area contributed by atoms with Gasteiger partial charge in [0.25, 0.3) is 0 Å². The Morgan fingerprint density at radius 3 is 3.00 bits per heavy atom. The van der Waals surface area contributed by atoms with Crippen LogP contribution in [-0.2, 0) is 4.79 Å². The fourth-order valence-electron chi connectivity index (χ4n) is 2.73. The number of amides is 1. The first kappa shape index (κ1) is 15.4. The van der Waals surface area contributed by atoms with Crippen molar-refractivity contribution in [2.24, 2.45) is 0 Å². The van der Waals surface area contributed by atoms with Gasteiger partial charge in [0.15, 0.2) is 0 Å². The van der Waals surface area contributed by atoms with Crippen molar-refractivity contribution in [2.45, 2.75) is 44.6 Å². The van der Waals surface area contributed by atoms with Crippen molar-refractivity contribution in [3.8, 4) is 0 Å². The van der Waals surface area contributed by atoms with Crippen LogP contribution in [0.2, 0.25) is 0 Å². The second kappa shape index (κ2) is 7.74. The Balaban J connectivity index is 1.86. The largest absolute Gasteiger partial charge is 0.333 e. The van der Waals surface area contributed by atoms with Crippen molar-refractivity contribution in [3.63, 3.8) is 0 Å². The van der Waals surface area contributed by atoms with Gasteiger partial charge in [-0.3, -0.25) is 4.79 Å². The van der Waals surface area contributed by atoms with Crippen LogP contribution in [0.1, 0.15) is 49.6 Å². The second-order valence-electron chi connectivity index (χ2n) is 5.73. The molecule has 20 heavy (non-hydrogen) atoms. The summed E-state index contributed by atoms with van der Waals surface area (Å²) in [4.78, 5) is 21.1. The van der Waals surface area contributed by atoms with Crippen LogP contribution in [0.3, 0.4) is 0 Å². The van der Waals surface area contributed by atoms with Gasteiger partial charge in [-0.1, -0.05) is 0 Å². The Bertz CT molecular complexity index is 405. The molecule has 0 N–H and O–H groups in total. The number of carbonyl (C=O) groups is 1. The summed E-state index contributed by atoms with van der Waals surface area (Å²) < 4.78 is 0. The normalized spacial score (nSPS) is 19.6. The van der Waals surface area contributed by atoms with E-state index in [4.69, 9.17) is 0 Å². The van der Waals surface area contributed by atoms with Crippen LogP contribution in [0.5, 0.6) is 0 Å². The van der Waals surface area contributed by atoms with Crippen LogP contribution in [0, 0.1) is 0 Å². The summed E-state index contributed by atoms with van der Waals surface area (Å²) in [5, 5.41) is 3.11. The molecule has 1 fully saturated rings. The first-order valence-electron chi connectivity index (χ1n) is 7.52. The first-order valence-corrected chi connectivity index (χ1v) is 8.40. The number of hydrogen-bond donors (Lipinski definition) is 0. The SMILES string of the molecule is CN(C)CCCCC(=O)N1CCCC[C@@H]1c1nccs1. The minimum Gasteiger partial charge on any atom is -0.333 e. The summed E-state index contributed by atoms with van der Waals surface area (Å²) in [6.07, 6.45) is 7.99. The van der Waals surface area contributed by atoms with Gasteiger partial charge in [-0.2, -0.15) is 0 Å². The Hall–Kier alpha value is -0.940. The lowest BCUT2D eigenvalue weighted by Crippen LogP contribution is -2.38. The lowest BCUT2D eigenvalue weighted by atomic mass is 10.0. The van der Waals surface area contributed by atoms with Gasteiger partial charge in [0.05, 0.1) is 6.04 Å². The van der Waals surface area contributed by atoms with Gasteiger partial charge < -0.3 is 9.80 Å². The minimum atomic E-state index is 0.227. The highest BCUT2D eigenvalue weighted by Crippen LogP contribution is 2.32. The Kier molecular flexibility index (Phi) is 5.98. The molecule has 1 saturated heterocycles. The molecule has 4 nitrogen and oxygen atoms in total. The molecule has 0 bridgehead atoms. The summed E-state index contributed by atoms with van der Waals surface area (Å²) in [7, 11) is 4.15. The van der Waals surface area contributed by atoms with E-state index in [0.29, 0.717) is 12.3 Å². The first-order chi connectivity index (χ1) is 9.68. The smallest absolute Gasteiger partial charge is 0.223 e. The van der Waals surface area contributed by atoms with Crippen LogP contribution in [0.4, 0.5) is 0 Å². The van der Waals surface area contributed by atoms with Crippen molar-refractivity contribution >= 4 is 17.2 Å². The summed E-state index contributed by atoms with van der Waals surface area (Å²) in [6.45, 7) is 1.96. The Labute approximate surface area is 125 Å². The molecule has 1 aromatic heterocycles. The van der Waals surface area contributed by atoms with Crippen LogP contribution >= 0.6 is 11.3 Å². The summed E-state index contributed by atoms with van der Waals surface area (Å²) in [5.41, 5.74) is 0. The van der Waals surface area contributed by atoms with Gasteiger partial charge in [0.1, 0.15) is 5.01 Å². The van der Waals surface area contributed by atoms with Crippen LogP contribution in [0.25, 0.3) is 0 Å². The summed E-state index contributed by atoms with van der Waals surface area (Å²) in [5.74, 6) is 0.309. The van der Waals surface area contributed by atoms with Crippen molar-refractivity contribution < 1.29 is 4.79 Å². The molecule has 1 atom stereocenters. The molecule has 112 valence electrons. The summed E-state index contributed by atoms with van der Waals surface area (Å²) in [6, 6.07) is 0.227. The van der Waals surface area contributed by atoms with E-state index < -0.39 is 0 Å². The van der Waals surface area contributed by atoms with E-state index in [9.17, 15) is 4.79 Å². The molecule has 1 amide bonds. The minimum absolute atomic E-state index is 0.227. The van der Waals surface area contributed by atoms with E-state index in [1.165, 1.54) is 6.42 Å². The number of likely N-dealkylation sites (tertiary alicyclic amines) is 1. The number of aromatic nitrogens is 1. The fraction of sp³-hybridized carbons (Fsp3) is 0.733. The molecule has 2 rings (SSSR count). The van der Waals surface area contributed by atoms with E-state index in [2.05, 4.69) is 28.9 Å². The maximum Gasteiger partial charge on any atom is 0.223 e. The zero-order valence-corrected chi connectivity index (χ0v) is 13.4. The monoisotopic (exact) mass is 295 g/mol. The van der Waals surface area contributed by atoms with E-state index in [0.717, 1.165) is 43.8 Å². The molecule has 0 unspecified atom stereocenters. The van der Waals surface area contributed by atoms with Crippen LogP contribution in [-0.4, -0.2) is 47.9 Å². The number of nitrogens with zero attached hydrogens (tertiary/aromatic N) is 3. The predicted molar refractivity (Wildman–Crippen MR) is 82.8 cm³/mol. The Morgan fingerprint density at radius 2 is 2.30 bits per heavy atom. The maximum atomic E-state index is 12.4. The van der Waals surface area contributed by atoms with Gasteiger partial charge in [-0.15, -0.1) is 11.3 Å². The third-order valence-corrected chi connectivity index (χ3v) is 4.68. The average molecular weight is 295 g/mol. The summed E-state index contributed by atoms with van der Waals surface area (Å²) >= 11 is 1.67. The van der Waals surface area contributed by atoms with Gasteiger partial charge in [-0.05, 0) is 52.7 Å². The Morgan fingerprint density at radius 1 is 1.45 bits per heavy atom. The van der Waals surface area contributed by atoms with Gasteiger partial charge in [0.2, 0.25) is 5.91 Å². The van der Waals surface area contributed by atoms with Crippen molar-refractivity contribution in [1.82, 2.24) is 14.8 Å². The third kappa shape index (κ3) is 4.28.